The predicted molar refractivity (Wildman–Crippen MR) is 53.2 cm³/mol. The van der Waals surface area contributed by atoms with Gasteiger partial charge < -0.3 is 0 Å². The molecule has 4 heteroatoms. The molecule has 0 saturated heterocycles. The van der Waals surface area contributed by atoms with Crippen molar-refractivity contribution in [2.45, 2.75) is 0 Å². The molecule has 0 aliphatic heterocycles. The maximum Gasteiger partial charge on any atom is 0.343 e. The van der Waals surface area contributed by atoms with Gasteiger partial charge in [-0.05, 0) is 46.9 Å². The zero-order valence-corrected chi connectivity index (χ0v) is 8.00. The molecule has 1 rings (SSSR count). The summed E-state index contributed by atoms with van der Waals surface area (Å²) < 4.78 is 1.18. The van der Waals surface area contributed by atoms with Gasteiger partial charge in [0.1, 0.15) is 0 Å². The average molecular weight is 262 g/mol. The minimum atomic E-state index is 0.214. The van der Waals surface area contributed by atoms with Gasteiger partial charge in [0.15, 0.2) is 0 Å². The molecule has 3 nitrogen and oxygen atoms in total. The van der Waals surface area contributed by atoms with Gasteiger partial charge in [-0.2, -0.15) is 0 Å². The second kappa shape index (κ2) is 3.56. The van der Waals surface area contributed by atoms with Crippen LogP contribution in [0.4, 0.5) is 5.69 Å². The van der Waals surface area contributed by atoms with Gasteiger partial charge in [0, 0.05) is 3.57 Å². The summed E-state index contributed by atoms with van der Waals surface area (Å²) in [6, 6.07) is 7.79. The molecule has 0 saturated carbocycles. The van der Waals surface area contributed by atoms with E-state index in [1.807, 2.05) is 24.3 Å². The summed E-state index contributed by atoms with van der Waals surface area (Å²) in [5, 5.41) is 0. The van der Waals surface area contributed by atoms with Crippen molar-refractivity contribution in [2.75, 3.05) is 0 Å². The maximum absolute atomic E-state index is 5.24. The first-order valence-corrected chi connectivity index (χ1v) is 4.17. The highest BCUT2D eigenvalue weighted by Gasteiger charge is 1.91. The van der Waals surface area contributed by atoms with Crippen molar-refractivity contribution in [3.8, 4) is 0 Å². The smallest absolute Gasteiger partial charge is 0.291 e. The third-order valence-electron chi connectivity index (χ3n) is 1.13. The standard InChI is InChI=1S/C7H8IN3/c8-5-1-3-6(4-2-5)11-7(9)10/h1-4H,(H4,9,10,11)/p+1. The number of nitrogens with one attached hydrogen (secondary N) is 1. The number of benzene rings is 1. The highest BCUT2D eigenvalue weighted by molar-refractivity contribution is 14.1. The molecule has 0 bridgehead atoms. The molecule has 0 spiro atoms. The third kappa shape index (κ3) is 2.75. The highest BCUT2D eigenvalue weighted by atomic mass is 127. The zero-order chi connectivity index (χ0) is 8.27. The summed E-state index contributed by atoms with van der Waals surface area (Å²) in [6.07, 6.45) is 0. The van der Waals surface area contributed by atoms with Gasteiger partial charge in [0.25, 0.3) is 0 Å². The van der Waals surface area contributed by atoms with E-state index in [9.17, 15) is 0 Å². The fourth-order valence-electron chi connectivity index (χ4n) is 0.700. The Morgan fingerprint density at radius 1 is 1.18 bits per heavy atom. The summed E-state index contributed by atoms with van der Waals surface area (Å²) in [5.41, 5.74) is 11.4. The normalized spacial score (nSPS) is 9.18. The van der Waals surface area contributed by atoms with Crippen LogP contribution >= 0.6 is 22.6 Å². The zero-order valence-electron chi connectivity index (χ0n) is 5.84. The van der Waals surface area contributed by atoms with Crippen LogP contribution in [0.3, 0.4) is 0 Å². The molecule has 1 aromatic carbocycles. The van der Waals surface area contributed by atoms with E-state index in [4.69, 9.17) is 11.5 Å². The second-order valence-electron chi connectivity index (χ2n) is 2.09. The molecule has 11 heavy (non-hydrogen) atoms. The van der Waals surface area contributed by atoms with Crippen LogP contribution in [0.2, 0.25) is 0 Å². The van der Waals surface area contributed by atoms with E-state index >= 15 is 0 Å². The molecule has 58 valence electrons. The molecule has 0 aliphatic rings. The van der Waals surface area contributed by atoms with E-state index in [2.05, 4.69) is 27.6 Å². The minimum Gasteiger partial charge on any atom is -0.291 e. The Balaban J connectivity index is 2.91. The summed E-state index contributed by atoms with van der Waals surface area (Å²) in [4.78, 5) is 2.80. The van der Waals surface area contributed by atoms with Crippen LogP contribution < -0.4 is 16.5 Å². The fourth-order valence-corrected chi connectivity index (χ4v) is 1.06. The Labute approximate surface area is 78.6 Å². The monoisotopic (exact) mass is 262 g/mol. The molecule has 0 radical (unpaired) electrons. The van der Waals surface area contributed by atoms with Crippen LogP contribution in [0.15, 0.2) is 24.3 Å². The van der Waals surface area contributed by atoms with Crippen LogP contribution in [-0.4, -0.2) is 5.96 Å². The lowest BCUT2D eigenvalue weighted by atomic mass is 10.3. The Morgan fingerprint density at radius 2 is 1.73 bits per heavy atom. The maximum atomic E-state index is 5.24. The molecule has 1 aromatic rings. The first-order chi connectivity index (χ1) is 5.18. The number of halogens is 1. The van der Waals surface area contributed by atoms with Crippen molar-refractivity contribution in [3.05, 3.63) is 27.8 Å². The molecule has 0 aromatic heterocycles. The first-order valence-electron chi connectivity index (χ1n) is 3.09. The van der Waals surface area contributed by atoms with Crippen LogP contribution in [-0.2, 0) is 0 Å². The molecule has 0 atom stereocenters. The van der Waals surface area contributed by atoms with E-state index in [-0.39, 0.29) is 5.96 Å². The molecule has 0 unspecified atom stereocenters. The van der Waals surface area contributed by atoms with Gasteiger partial charge >= 0.3 is 5.96 Å². The number of rotatable bonds is 1. The van der Waals surface area contributed by atoms with Gasteiger partial charge in [-0.25, -0.2) is 4.99 Å². The Bertz CT molecular complexity index is 262. The van der Waals surface area contributed by atoms with Gasteiger partial charge in [-0.15, -0.1) is 0 Å². The first kappa shape index (κ1) is 8.32. The predicted octanol–water partition coefficient (Wildman–Crippen LogP) is -0.723. The van der Waals surface area contributed by atoms with Gasteiger partial charge in [-0.1, -0.05) is 0 Å². The second-order valence-corrected chi connectivity index (χ2v) is 3.33. The van der Waals surface area contributed by atoms with E-state index in [0.29, 0.717) is 0 Å². The molecule has 5 N–H and O–H groups in total. The Kier molecular flexibility index (Phi) is 2.70. The van der Waals surface area contributed by atoms with Crippen LogP contribution in [0.25, 0.3) is 0 Å². The van der Waals surface area contributed by atoms with Crippen LogP contribution in [0, 0.1) is 3.57 Å². The van der Waals surface area contributed by atoms with Crippen molar-refractivity contribution in [3.63, 3.8) is 0 Å². The van der Waals surface area contributed by atoms with Gasteiger partial charge in [0.05, 0.1) is 5.69 Å². The molecule has 0 fully saturated rings. The lowest BCUT2D eigenvalue weighted by Crippen LogP contribution is -2.72. The van der Waals surface area contributed by atoms with E-state index < -0.39 is 0 Å². The van der Waals surface area contributed by atoms with Crippen molar-refractivity contribution >= 4 is 34.2 Å². The third-order valence-corrected chi connectivity index (χ3v) is 1.85. The molecule has 0 amide bonds. The number of hydrogen-bond donors (Lipinski definition) is 3. The van der Waals surface area contributed by atoms with Gasteiger partial charge in [0.2, 0.25) is 0 Å². The van der Waals surface area contributed by atoms with E-state index in [0.717, 1.165) is 5.69 Å². The van der Waals surface area contributed by atoms with Crippen molar-refractivity contribution in [1.29, 1.82) is 0 Å². The van der Waals surface area contributed by atoms with Gasteiger partial charge in [-0.3, -0.25) is 11.5 Å². The van der Waals surface area contributed by atoms with E-state index in [1.165, 1.54) is 3.57 Å². The quantitative estimate of drug-likeness (QED) is 0.355. The Hall–Kier alpha value is -0.780. The molecule has 0 aliphatic carbocycles. The summed E-state index contributed by atoms with van der Waals surface area (Å²) in [6.45, 7) is 0. The lowest BCUT2D eigenvalue weighted by molar-refractivity contribution is -0.356. The summed E-state index contributed by atoms with van der Waals surface area (Å²) >= 11 is 2.23. The molecular formula is C7H9IN3+. The van der Waals surface area contributed by atoms with Crippen molar-refractivity contribution in [1.82, 2.24) is 0 Å². The summed E-state index contributed by atoms with van der Waals surface area (Å²) in [7, 11) is 0. The lowest BCUT2D eigenvalue weighted by Gasteiger charge is -1.91. The number of hydrogen-bond acceptors (Lipinski definition) is 0. The van der Waals surface area contributed by atoms with Crippen LogP contribution in [0.5, 0.6) is 0 Å². The van der Waals surface area contributed by atoms with Crippen molar-refractivity contribution < 1.29 is 4.99 Å². The topological polar surface area (TPSA) is 66.0 Å². The fraction of sp³-hybridized carbons (Fsp3) is 0. The molecule has 0 heterocycles. The Morgan fingerprint density at radius 3 is 2.18 bits per heavy atom. The van der Waals surface area contributed by atoms with Crippen molar-refractivity contribution in [2.24, 2.45) is 11.5 Å². The highest BCUT2D eigenvalue weighted by Crippen LogP contribution is 2.05. The largest absolute Gasteiger partial charge is 0.343 e. The number of guanidine groups is 1. The van der Waals surface area contributed by atoms with E-state index in [1.54, 1.807) is 0 Å². The van der Waals surface area contributed by atoms with Crippen LogP contribution in [0.1, 0.15) is 0 Å². The summed E-state index contributed by atoms with van der Waals surface area (Å²) in [5.74, 6) is 0.214. The average Bonchev–Trinajstić information content (AvgIpc) is 1.93. The number of nitrogens with two attached hydrogens (primary N) is 2. The SMILES string of the molecule is NC(N)=[NH+]c1ccc(I)cc1. The minimum absolute atomic E-state index is 0.214. The molecular weight excluding hydrogens is 253 g/mol.